The zero-order valence-corrected chi connectivity index (χ0v) is 16.6. The van der Waals surface area contributed by atoms with E-state index < -0.39 is 0 Å². The SMILES string of the molecule is Cc1ccc(OCC(=O)Nc2ccc(C(=O)NCc3ccccc3)cc2)cc1C. The number of hydrogen-bond donors (Lipinski definition) is 2. The first-order valence-electron chi connectivity index (χ1n) is 9.43. The molecule has 0 fully saturated rings. The van der Waals surface area contributed by atoms with Crippen molar-refractivity contribution in [3.63, 3.8) is 0 Å². The van der Waals surface area contributed by atoms with Gasteiger partial charge in [0, 0.05) is 17.8 Å². The summed E-state index contributed by atoms with van der Waals surface area (Å²) in [4.78, 5) is 24.3. The van der Waals surface area contributed by atoms with Crippen molar-refractivity contribution in [2.45, 2.75) is 20.4 Å². The van der Waals surface area contributed by atoms with E-state index in [2.05, 4.69) is 10.6 Å². The summed E-state index contributed by atoms with van der Waals surface area (Å²) in [6, 6.07) is 22.2. The van der Waals surface area contributed by atoms with Crippen LogP contribution >= 0.6 is 0 Å². The molecule has 148 valence electrons. The van der Waals surface area contributed by atoms with Crippen LogP contribution in [0.1, 0.15) is 27.0 Å². The van der Waals surface area contributed by atoms with Crippen LogP contribution in [0.5, 0.6) is 5.75 Å². The van der Waals surface area contributed by atoms with Gasteiger partial charge in [0.05, 0.1) is 0 Å². The smallest absolute Gasteiger partial charge is 0.262 e. The fourth-order valence-corrected chi connectivity index (χ4v) is 2.73. The molecule has 3 aromatic rings. The van der Waals surface area contributed by atoms with Crippen LogP contribution in [-0.2, 0) is 11.3 Å². The van der Waals surface area contributed by atoms with Crippen LogP contribution in [0.4, 0.5) is 5.69 Å². The molecule has 0 radical (unpaired) electrons. The molecule has 0 heterocycles. The molecule has 3 aromatic carbocycles. The highest BCUT2D eigenvalue weighted by molar-refractivity contribution is 5.96. The van der Waals surface area contributed by atoms with Gasteiger partial charge in [-0.1, -0.05) is 36.4 Å². The lowest BCUT2D eigenvalue weighted by molar-refractivity contribution is -0.118. The number of ether oxygens (including phenoxy) is 1. The van der Waals surface area contributed by atoms with Crippen molar-refractivity contribution in [3.8, 4) is 5.75 Å². The summed E-state index contributed by atoms with van der Waals surface area (Å²) < 4.78 is 5.54. The van der Waals surface area contributed by atoms with Gasteiger partial charge in [0.15, 0.2) is 6.61 Å². The summed E-state index contributed by atoms with van der Waals surface area (Å²) in [5.41, 5.74) is 4.47. The maximum atomic E-state index is 12.2. The van der Waals surface area contributed by atoms with Gasteiger partial charge in [-0.3, -0.25) is 9.59 Å². The number of anilines is 1. The minimum atomic E-state index is -0.260. The number of carbonyl (C=O) groups excluding carboxylic acids is 2. The normalized spacial score (nSPS) is 10.3. The molecule has 0 saturated heterocycles. The topological polar surface area (TPSA) is 67.4 Å². The molecule has 2 amide bonds. The van der Waals surface area contributed by atoms with Crippen molar-refractivity contribution in [2.75, 3.05) is 11.9 Å². The number of benzene rings is 3. The fraction of sp³-hybridized carbons (Fsp3) is 0.167. The molecular weight excluding hydrogens is 364 g/mol. The molecule has 0 atom stereocenters. The maximum Gasteiger partial charge on any atom is 0.262 e. The zero-order valence-electron chi connectivity index (χ0n) is 16.6. The van der Waals surface area contributed by atoms with Crippen molar-refractivity contribution in [1.82, 2.24) is 5.32 Å². The Morgan fingerprint density at radius 1 is 0.862 bits per heavy atom. The Morgan fingerprint density at radius 2 is 1.59 bits per heavy atom. The van der Waals surface area contributed by atoms with Gasteiger partial charge >= 0.3 is 0 Å². The van der Waals surface area contributed by atoms with Crippen LogP contribution in [-0.4, -0.2) is 18.4 Å². The van der Waals surface area contributed by atoms with Gasteiger partial charge in [-0.05, 0) is 66.9 Å². The van der Waals surface area contributed by atoms with Gasteiger partial charge in [0.25, 0.3) is 11.8 Å². The summed E-state index contributed by atoms with van der Waals surface area (Å²) in [6.45, 7) is 4.41. The lowest BCUT2D eigenvalue weighted by Gasteiger charge is -2.10. The van der Waals surface area contributed by atoms with Crippen molar-refractivity contribution in [1.29, 1.82) is 0 Å². The summed E-state index contributed by atoms with van der Waals surface area (Å²) in [5.74, 6) is 0.239. The van der Waals surface area contributed by atoms with Crippen molar-refractivity contribution < 1.29 is 14.3 Å². The molecule has 0 saturated carbocycles. The molecule has 0 spiro atoms. The van der Waals surface area contributed by atoms with Gasteiger partial charge in [0.2, 0.25) is 0 Å². The van der Waals surface area contributed by atoms with E-state index in [0.717, 1.165) is 11.1 Å². The highest BCUT2D eigenvalue weighted by Gasteiger charge is 2.08. The quantitative estimate of drug-likeness (QED) is 0.636. The van der Waals surface area contributed by atoms with Crippen LogP contribution in [0, 0.1) is 13.8 Å². The van der Waals surface area contributed by atoms with Crippen molar-refractivity contribution >= 4 is 17.5 Å². The number of hydrogen-bond acceptors (Lipinski definition) is 3. The Kier molecular flexibility index (Phi) is 6.63. The average molecular weight is 388 g/mol. The molecule has 0 aromatic heterocycles. The van der Waals surface area contributed by atoms with E-state index in [0.29, 0.717) is 23.5 Å². The molecule has 0 aliphatic carbocycles. The number of carbonyl (C=O) groups is 2. The van der Waals surface area contributed by atoms with Crippen molar-refractivity contribution in [3.05, 3.63) is 95.1 Å². The lowest BCUT2D eigenvalue weighted by atomic mass is 10.1. The second-order valence-corrected chi connectivity index (χ2v) is 6.83. The average Bonchev–Trinajstić information content (AvgIpc) is 2.74. The monoisotopic (exact) mass is 388 g/mol. The van der Waals surface area contributed by atoms with Crippen LogP contribution in [0.2, 0.25) is 0 Å². The molecule has 0 aliphatic rings. The Morgan fingerprint density at radius 3 is 2.28 bits per heavy atom. The Hall–Kier alpha value is -3.60. The number of nitrogens with one attached hydrogen (secondary N) is 2. The first-order chi connectivity index (χ1) is 14.0. The lowest BCUT2D eigenvalue weighted by Crippen LogP contribution is -2.23. The van der Waals surface area contributed by atoms with E-state index in [1.807, 2.05) is 62.4 Å². The van der Waals surface area contributed by atoms with Gasteiger partial charge in [-0.15, -0.1) is 0 Å². The highest BCUT2D eigenvalue weighted by Crippen LogP contribution is 2.16. The largest absolute Gasteiger partial charge is 0.484 e. The van der Waals surface area contributed by atoms with Gasteiger partial charge in [-0.2, -0.15) is 0 Å². The standard InChI is InChI=1S/C24H24N2O3/c1-17-8-13-22(14-18(17)2)29-16-23(27)26-21-11-9-20(10-12-21)24(28)25-15-19-6-4-3-5-7-19/h3-14H,15-16H2,1-2H3,(H,25,28)(H,26,27). The predicted molar refractivity (Wildman–Crippen MR) is 114 cm³/mol. The minimum Gasteiger partial charge on any atom is -0.484 e. The molecular formula is C24H24N2O3. The van der Waals surface area contributed by atoms with E-state index in [1.54, 1.807) is 24.3 Å². The van der Waals surface area contributed by atoms with E-state index in [4.69, 9.17) is 4.74 Å². The van der Waals surface area contributed by atoms with Crippen molar-refractivity contribution in [2.24, 2.45) is 0 Å². The van der Waals surface area contributed by atoms with Gasteiger partial charge in [-0.25, -0.2) is 0 Å². The third kappa shape index (κ3) is 5.94. The molecule has 29 heavy (non-hydrogen) atoms. The van der Waals surface area contributed by atoms with Crippen LogP contribution in [0.15, 0.2) is 72.8 Å². The Labute approximate surface area is 170 Å². The summed E-state index contributed by atoms with van der Waals surface area (Å²) in [5, 5.41) is 5.64. The van der Waals surface area contributed by atoms with Gasteiger partial charge < -0.3 is 15.4 Å². The predicted octanol–water partition coefficient (Wildman–Crippen LogP) is 4.25. The number of amides is 2. The maximum absolute atomic E-state index is 12.2. The molecule has 5 heteroatoms. The molecule has 0 bridgehead atoms. The van der Waals surface area contributed by atoms with Gasteiger partial charge in [0.1, 0.15) is 5.75 Å². The first kappa shape index (κ1) is 20.1. The number of aryl methyl sites for hydroxylation is 2. The fourth-order valence-electron chi connectivity index (χ4n) is 2.73. The summed E-state index contributed by atoms with van der Waals surface area (Å²) in [7, 11) is 0. The highest BCUT2D eigenvalue weighted by atomic mass is 16.5. The molecule has 3 rings (SSSR count). The third-order valence-electron chi connectivity index (χ3n) is 4.58. The molecule has 0 unspecified atom stereocenters. The Balaban J connectivity index is 1.48. The second-order valence-electron chi connectivity index (χ2n) is 6.83. The van der Waals surface area contributed by atoms with E-state index in [9.17, 15) is 9.59 Å². The van der Waals surface area contributed by atoms with E-state index in [-0.39, 0.29) is 18.4 Å². The molecule has 0 aliphatic heterocycles. The summed E-state index contributed by atoms with van der Waals surface area (Å²) >= 11 is 0. The van der Waals surface area contributed by atoms with E-state index in [1.165, 1.54) is 5.56 Å². The zero-order chi connectivity index (χ0) is 20.6. The van der Waals surface area contributed by atoms with Crippen LogP contribution in [0.3, 0.4) is 0 Å². The minimum absolute atomic E-state index is 0.0815. The number of rotatable bonds is 7. The molecule has 5 nitrogen and oxygen atoms in total. The Bertz CT molecular complexity index is 983. The van der Waals surface area contributed by atoms with Crippen LogP contribution in [0.25, 0.3) is 0 Å². The third-order valence-corrected chi connectivity index (χ3v) is 4.58. The first-order valence-corrected chi connectivity index (χ1v) is 9.43. The molecule has 2 N–H and O–H groups in total. The second kappa shape index (κ2) is 9.55. The van der Waals surface area contributed by atoms with E-state index >= 15 is 0 Å². The summed E-state index contributed by atoms with van der Waals surface area (Å²) in [6.07, 6.45) is 0. The van der Waals surface area contributed by atoms with Crippen LogP contribution < -0.4 is 15.4 Å².